The van der Waals surface area contributed by atoms with Crippen molar-refractivity contribution >= 4 is 21.6 Å². The lowest BCUT2D eigenvalue weighted by Gasteiger charge is -2.30. The number of carbonyl (C=O) groups excluding carboxylic acids is 1. The van der Waals surface area contributed by atoms with E-state index in [9.17, 15) is 13.2 Å². The van der Waals surface area contributed by atoms with Crippen LogP contribution in [0.25, 0.3) is 5.82 Å². The Labute approximate surface area is 168 Å². The van der Waals surface area contributed by atoms with Gasteiger partial charge in [0.25, 0.3) is 0 Å². The fourth-order valence-electron chi connectivity index (χ4n) is 3.26. The second-order valence-corrected chi connectivity index (χ2v) is 8.67. The Morgan fingerprint density at radius 2 is 1.90 bits per heavy atom. The maximum Gasteiger partial charge on any atom is 0.244 e. The second-order valence-electron chi connectivity index (χ2n) is 6.73. The number of pyridine rings is 2. The Bertz CT molecular complexity index is 1060. The Kier molecular flexibility index (Phi) is 5.36. The minimum atomic E-state index is -3.57. The van der Waals surface area contributed by atoms with Crippen molar-refractivity contribution in [2.45, 2.75) is 17.7 Å². The molecular formula is C19H20N6O3S. The van der Waals surface area contributed by atoms with Crippen LogP contribution in [0.15, 0.2) is 66.5 Å². The van der Waals surface area contributed by atoms with Crippen LogP contribution in [0.5, 0.6) is 0 Å². The van der Waals surface area contributed by atoms with Gasteiger partial charge in [-0.15, -0.1) is 0 Å². The Morgan fingerprint density at radius 1 is 1.07 bits per heavy atom. The second kappa shape index (κ2) is 8.10. The lowest BCUT2D eigenvalue weighted by molar-refractivity contribution is -0.120. The first kappa shape index (κ1) is 19.2. The van der Waals surface area contributed by atoms with E-state index >= 15 is 0 Å². The fraction of sp³-hybridized carbons (Fsp3) is 0.263. The summed E-state index contributed by atoms with van der Waals surface area (Å²) < 4.78 is 28.5. The van der Waals surface area contributed by atoms with Crippen LogP contribution >= 0.6 is 0 Å². The van der Waals surface area contributed by atoms with Gasteiger partial charge in [0.1, 0.15) is 17.0 Å². The van der Waals surface area contributed by atoms with E-state index in [2.05, 4.69) is 20.3 Å². The van der Waals surface area contributed by atoms with Gasteiger partial charge < -0.3 is 5.32 Å². The molecule has 3 aromatic rings. The van der Waals surface area contributed by atoms with Gasteiger partial charge >= 0.3 is 0 Å². The van der Waals surface area contributed by atoms with Crippen LogP contribution in [0.4, 0.5) is 5.69 Å². The normalized spacial score (nSPS) is 15.9. The van der Waals surface area contributed by atoms with Crippen molar-refractivity contribution in [1.82, 2.24) is 23.8 Å². The van der Waals surface area contributed by atoms with Gasteiger partial charge in [-0.05, 0) is 37.1 Å². The van der Waals surface area contributed by atoms with Crippen molar-refractivity contribution in [3.8, 4) is 5.82 Å². The van der Waals surface area contributed by atoms with Crippen LogP contribution in [-0.2, 0) is 14.8 Å². The Hall–Kier alpha value is -3.11. The fourth-order valence-corrected chi connectivity index (χ4v) is 4.69. The van der Waals surface area contributed by atoms with Crippen molar-refractivity contribution in [2.24, 2.45) is 5.92 Å². The Morgan fingerprint density at radius 3 is 2.52 bits per heavy atom. The van der Waals surface area contributed by atoms with Gasteiger partial charge in [0.15, 0.2) is 0 Å². The van der Waals surface area contributed by atoms with E-state index in [0.717, 1.165) is 0 Å². The van der Waals surface area contributed by atoms with Gasteiger partial charge in [0, 0.05) is 43.8 Å². The van der Waals surface area contributed by atoms with Crippen molar-refractivity contribution in [1.29, 1.82) is 0 Å². The van der Waals surface area contributed by atoms with Crippen molar-refractivity contribution in [2.75, 3.05) is 18.4 Å². The third kappa shape index (κ3) is 4.17. The number of piperidine rings is 1. The number of amides is 1. The molecule has 150 valence electrons. The quantitative estimate of drug-likeness (QED) is 0.683. The average Bonchev–Trinajstić information content (AvgIpc) is 3.30. The maximum atomic E-state index is 12.7. The summed E-state index contributed by atoms with van der Waals surface area (Å²) in [4.78, 5) is 24.9. The zero-order chi connectivity index (χ0) is 20.3. The largest absolute Gasteiger partial charge is 0.324 e. The number of hydrogen-bond acceptors (Lipinski definition) is 6. The van der Waals surface area contributed by atoms with Gasteiger partial charge in [-0.1, -0.05) is 0 Å². The molecule has 0 aliphatic carbocycles. The monoisotopic (exact) mass is 412 g/mol. The molecule has 4 heterocycles. The molecule has 0 spiro atoms. The van der Waals surface area contributed by atoms with Gasteiger partial charge in [0.05, 0.1) is 11.9 Å². The predicted octanol–water partition coefficient (Wildman–Crippen LogP) is 1.70. The topological polar surface area (TPSA) is 110 Å². The number of sulfonamides is 1. The first-order valence-electron chi connectivity index (χ1n) is 9.19. The molecule has 1 amide bonds. The van der Waals surface area contributed by atoms with Crippen LogP contribution < -0.4 is 5.32 Å². The highest BCUT2D eigenvalue weighted by Gasteiger charge is 2.32. The minimum absolute atomic E-state index is 0.124. The molecule has 1 N–H and O–H groups in total. The van der Waals surface area contributed by atoms with Crippen LogP contribution in [0, 0.1) is 5.92 Å². The molecule has 0 atom stereocenters. The van der Waals surface area contributed by atoms with E-state index in [4.69, 9.17) is 0 Å². The number of carbonyl (C=O) groups is 1. The van der Waals surface area contributed by atoms with E-state index < -0.39 is 10.0 Å². The van der Waals surface area contributed by atoms with Crippen molar-refractivity contribution in [3.05, 3.63) is 61.6 Å². The summed E-state index contributed by atoms with van der Waals surface area (Å²) in [6, 6.07) is 6.70. The smallest absolute Gasteiger partial charge is 0.244 e. The molecule has 29 heavy (non-hydrogen) atoms. The summed E-state index contributed by atoms with van der Waals surface area (Å²) in [5.74, 6) is 0.332. The summed E-state index contributed by atoms with van der Waals surface area (Å²) in [6.07, 6.45) is 10.5. The molecule has 0 aromatic carbocycles. The van der Waals surface area contributed by atoms with Gasteiger partial charge in [-0.3, -0.25) is 14.3 Å². The van der Waals surface area contributed by atoms with Crippen LogP contribution in [0.3, 0.4) is 0 Å². The summed E-state index contributed by atoms with van der Waals surface area (Å²) >= 11 is 0. The minimum Gasteiger partial charge on any atom is -0.324 e. The Balaban J connectivity index is 1.34. The molecule has 0 bridgehead atoms. The first-order chi connectivity index (χ1) is 14.0. The molecule has 0 radical (unpaired) electrons. The van der Waals surface area contributed by atoms with E-state index in [1.54, 1.807) is 47.7 Å². The molecule has 1 aliphatic rings. The third-order valence-corrected chi connectivity index (χ3v) is 6.76. The summed E-state index contributed by atoms with van der Waals surface area (Å²) in [6.45, 7) is 0.597. The average molecular weight is 412 g/mol. The molecule has 0 unspecified atom stereocenters. The van der Waals surface area contributed by atoms with E-state index in [1.165, 1.54) is 22.8 Å². The molecule has 1 fully saturated rings. The number of rotatable bonds is 5. The summed E-state index contributed by atoms with van der Waals surface area (Å²) in [7, 11) is -3.57. The predicted molar refractivity (Wildman–Crippen MR) is 106 cm³/mol. The molecular weight excluding hydrogens is 392 g/mol. The highest BCUT2D eigenvalue weighted by molar-refractivity contribution is 7.89. The lowest BCUT2D eigenvalue weighted by Crippen LogP contribution is -2.41. The molecule has 1 aliphatic heterocycles. The molecule has 1 saturated heterocycles. The number of nitrogens with one attached hydrogen (secondary N) is 1. The number of imidazole rings is 1. The highest BCUT2D eigenvalue weighted by Crippen LogP contribution is 2.24. The molecule has 4 rings (SSSR count). The van der Waals surface area contributed by atoms with E-state index in [-0.39, 0.29) is 16.7 Å². The molecule has 0 saturated carbocycles. The summed E-state index contributed by atoms with van der Waals surface area (Å²) in [5.41, 5.74) is 0.601. The van der Waals surface area contributed by atoms with E-state index in [1.807, 2.05) is 0 Å². The van der Waals surface area contributed by atoms with Gasteiger partial charge in [0.2, 0.25) is 15.9 Å². The zero-order valence-electron chi connectivity index (χ0n) is 15.5. The maximum absolute atomic E-state index is 12.7. The molecule has 10 heteroatoms. The van der Waals surface area contributed by atoms with Crippen molar-refractivity contribution < 1.29 is 13.2 Å². The number of hydrogen-bond donors (Lipinski definition) is 1. The number of nitrogens with zero attached hydrogens (tertiary/aromatic N) is 5. The van der Waals surface area contributed by atoms with Crippen molar-refractivity contribution in [3.63, 3.8) is 0 Å². The van der Waals surface area contributed by atoms with Gasteiger partial charge in [-0.25, -0.2) is 18.4 Å². The highest BCUT2D eigenvalue weighted by atomic mass is 32.2. The first-order valence-corrected chi connectivity index (χ1v) is 10.6. The standard InChI is InChI=1S/C19H20N6O3S/c26-19(23-16-3-4-18(22-12-16)24-11-8-21-14-24)15-5-9-25(10-6-15)29(27,28)17-2-1-7-20-13-17/h1-4,7-8,11-15H,5-6,9-10H2,(H,23,26). The SMILES string of the molecule is O=C(Nc1ccc(-n2ccnc2)nc1)C1CCN(S(=O)(=O)c2cccnc2)CC1. The third-order valence-electron chi connectivity index (χ3n) is 4.88. The van der Waals surface area contributed by atoms with E-state index in [0.29, 0.717) is 37.4 Å². The zero-order valence-corrected chi connectivity index (χ0v) is 16.4. The number of anilines is 1. The van der Waals surface area contributed by atoms with Crippen LogP contribution in [0.2, 0.25) is 0 Å². The van der Waals surface area contributed by atoms with Crippen LogP contribution in [0.1, 0.15) is 12.8 Å². The molecule has 3 aromatic heterocycles. The molecule has 9 nitrogen and oxygen atoms in total. The van der Waals surface area contributed by atoms with Gasteiger partial charge in [-0.2, -0.15) is 4.31 Å². The summed E-state index contributed by atoms with van der Waals surface area (Å²) in [5, 5.41) is 2.87. The van der Waals surface area contributed by atoms with Crippen LogP contribution in [-0.4, -0.2) is 51.2 Å². The lowest BCUT2D eigenvalue weighted by atomic mass is 9.97. The number of aromatic nitrogens is 4.